The lowest BCUT2D eigenvalue weighted by Crippen LogP contribution is -2.51. The highest BCUT2D eigenvalue weighted by molar-refractivity contribution is 6.31. The van der Waals surface area contributed by atoms with Crippen molar-refractivity contribution in [2.75, 3.05) is 6.54 Å². The van der Waals surface area contributed by atoms with E-state index < -0.39 is 6.04 Å². The fraction of sp³-hybridized carbons (Fsp3) is 0.259. The molecule has 0 bridgehead atoms. The number of hydrogen-bond donors (Lipinski definition) is 1. The van der Waals surface area contributed by atoms with E-state index in [4.69, 9.17) is 11.6 Å². The molecule has 0 spiro atoms. The van der Waals surface area contributed by atoms with Crippen molar-refractivity contribution in [2.24, 2.45) is 0 Å². The van der Waals surface area contributed by atoms with Crippen molar-refractivity contribution in [3.05, 3.63) is 106 Å². The molecule has 0 aromatic heterocycles. The van der Waals surface area contributed by atoms with Crippen LogP contribution in [0.25, 0.3) is 0 Å². The molecule has 3 rings (SSSR count). The molecule has 1 N–H and O–H groups in total. The van der Waals surface area contributed by atoms with Gasteiger partial charge in [0, 0.05) is 24.5 Å². The van der Waals surface area contributed by atoms with Gasteiger partial charge in [-0.25, -0.2) is 0 Å². The van der Waals surface area contributed by atoms with E-state index in [1.807, 2.05) is 86.6 Å². The topological polar surface area (TPSA) is 49.4 Å². The number of halogens is 1. The Hall–Kier alpha value is -3.11. The standard InChI is InChI=1S/C27H29ClN2O2/c1-3-29-27(32)25(17-21-9-5-4-6-10-21)30(19-22-15-13-20(2)14-16-22)26(31)18-23-11-7-8-12-24(23)28/h4-16,25H,3,17-19H2,1-2H3,(H,29,32). The van der Waals surface area contributed by atoms with E-state index in [-0.39, 0.29) is 18.2 Å². The summed E-state index contributed by atoms with van der Waals surface area (Å²) in [6.45, 7) is 4.75. The van der Waals surface area contributed by atoms with Crippen LogP contribution in [-0.2, 0) is 29.0 Å². The smallest absolute Gasteiger partial charge is 0.243 e. The number of carbonyl (C=O) groups is 2. The van der Waals surface area contributed by atoms with Gasteiger partial charge >= 0.3 is 0 Å². The number of amides is 2. The highest BCUT2D eigenvalue weighted by Gasteiger charge is 2.30. The average Bonchev–Trinajstić information content (AvgIpc) is 2.79. The summed E-state index contributed by atoms with van der Waals surface area (Å²) >= 11 is 6.32. The molecular weight excluding hydrogens is 420 g/mol. The zero-order valence-corrected chi connectivity index (χ0v) is 19.3. The molecule has 0 heterocycles. The predicted octanol–water partition coefficient (Wildman–Crippen LogP) is 4.97. The lowest BCUT2D eigenvalue weighted by atomic mass is 10.0. The van der Waals surface area contributed by atoms with Crippen molar-refractivity contribution in [3.8, 4) is 0 Å². The van der Waals surface area contributed by atoms with Gasteiger partial charge in [0.05, 0.1) is 6.42 Å². The van der Waals surface area contributed by atoms with E-state index in [2.05, 4.69) is 5.32 Å². The molecule has 5 heteroatoms. The van der Waals surface area contributed by atoms with Crippen LogP contribution >= 0.6 is 11.6 Å². The average molecular weight is 449 g/mol. The number of benzene rings is 3. The maximum atomic E-state index is 13.6. The minimum atomic E-state index is -0.631. The minimum Gasteiger partial charge on any atom is -0.355 e. The van der Waals surface area contributed by atoms with Crippen LogP contribution in [0.3, 0.4) is 0 Å². The summed E-state index contributed by atoms with van der Waals surface area (Å²) in [5, 5.41) is 3.46. The maximum Gasteiger partial charge on any atom is 0.243 e. The summed E-state index contributed by atoms with van der Waals surface area (Å²) in [5.74, 6) is -0.290. The third-order valence-electron chi connectivity index (χ3n) is 5.40. The largest absolute Gasteiger partial charge is 0.355 e. The number of hydrogen-bond acceptors (Lipinski definition) is 2. The summed E-state index contributed by atoms with van der Waals surface area (Å²) in [4.78, 5) is 28.4. The Morgan fingerprint density at radius 1 is 0.906 bits per heavy atom. The SMILES string of the molecule is CCNC(=O)C(Cc1ccccc1)N(Cc1ccc(C)cc1)C(=O)Cc1ccccc1Cl. The van der Waals surface area contributed by atoms with Gasteiger partial charge in [0.2, 0.25) is 11.8 Å². The van der Waals surface area contributed by atoms with Gasteiger partial charge in [-0.1, -0.05) is 90.0 Å². The fourth-order valence-corrected chi connectivity index (χ4v) is 3.84. The van der Waals surface area contributed by atoms with Gasteiger partial charge in [-0.3, -0.25) is 9.59 Å². The van der Waals surface area contributed by atoms with Crippen molar-refractivity contribution in [3.63, 3.8) is 0 Å². The highest BCUT2D eigenvalue weighted by atomic mass is 35.5. The molecule has 166 valence electrons. The van der Waals surface area contributed by atoms with Crippen LogP contribution < -0.4 is 5.32 Å². The van der Waals surface area contributed by atoms with E-state index in [9.17, 15) is 9.59 Å². The van der Waals surface area contributed by atoms with E-state index in [1.165, 1.54) is 0 Å². The monoisotopic (exact) mass is 448 g/mol. The summed E-state index contributed by atoms with van der Waals surface area (Å²) in [5.41, 5.74) is 3.88. The lowest BCUT2D eigenvalue weighted by molar-refractivity contribution is -0.140. The van der Waals surface area contributed by atoms with Gasteiger partial charge in [0.25, 0.3) is 0 Å². The van der Waals surface area contributed by atoms with Gasteiger partial charge in [-0.2, -0.15) is 0 Å². The Morgan fingerprint density at radius 2 is 1.56 bits per heavy atom. The fourth-order valence-electron chi connectivity index (χ4n) is 3.64. The first-order valence-electron chi connectivity index (χ1n) is 10.9. The first-order chi connectivity index (χ1) is 15.5. The van der Waals surface area contributed by atoms with Gasteiger partial charge < -0.3 is 10.2 Å². The van der Waals surface area contributed by atoms with Crippen LogP contribution in [0.5, 0.6) is 0 Å². The number of nitrogens with zero attached hydrogens (tertiary/aromatic N) is 1. The van der Waals surface area contributed by atoms with Crippen molar-refractivity contribution < 1.29 is 9.59 Å². The third kappa shape index (κ3) is 6.44. The number of rotatable bonds is 9. The molecule has 0 aliphatic heterocycles. The van der Waals surface area contributed by atoms with Crippen LogP contribution in [0.15, 0.2) is 78.9 Å². The molecule has 3 aromatic rings. The molecular formula is C27H29ClN2O2. The third-order valence-corrected chi connectivity index (χ3v) is 5.76. The van der Waals surface area contributed by atoms with Crippen LogP contribution in [0, 0.1) is 6.92 Å². The molecule has 1 unspecified atom stereocenters. The molecule has 0 saturated heterocycles. The summed E-state index contributed by atoms with van der Waals surface area (Å²) in [6, 6.07) is 24.5. The molecule has 4 nitrogen and oxygen atoms in total. The second-order valence-corrected chi connectivity index (χ2v) is 8.28. The van der Waals surface area contributed by atoms with E-state index >= 15 is 0 Å². The van der Waals surface area contributed by atoms with Gasteiger partial charge in [0.1, 0.15) is 6.04 Å². The van der Waals surface area contributed by atoms with Crippen LogP contribution in [-0.4, -0.2) is 29.3 Å². The molecule has 3 aromatic carbocycles. The van der Waals surface area contributed by atoms with Gasteiger partial charge in [-0.05, 0) is 36.6 Å². The second kappa shape index (κ2) is 11.5. The van der Waals surface area contributed by atoms with Crippen molar-refractivity contribution in [1.82, 2.24) is 10.2 Å². The zero-order chi connectivity index (χ0) is 22.9. The summed E-state index contributed by atoms with van der Waals surface area (Å²) in [6.07, 6.45) is 0.572. The molecule has 0 aliphatic carbocycles. The highest BCUT2D eigenvalue weighted by Crippen LogP contribution is 2.20. The Kier molecular flexibility index (Phi) is 8.46. The molecule has 2 amide bonds. The lowest BCUT2D eigenvalue weighted by Gasteiger charge is -2.31. The van der Waals surface area contributed by atoms with Gasteiger partial charge in [-0.15, -0.1) is 0 Å². The molecule has 0 fully saturated rings. The number of nitrogens with one attached hydrogen (secondary N) is 1. The van der Waals surface area contributed by atoms with Crippen molar-refractivity contribution in [1.29, 1.82) is 0 Å². The van der Waals surface area contributed by atoms with Crippen molar-refractivity contribution >= 4 is 23.4 Å². The Morgan fingerprint density at radius 3 is 2.22 bits per heavy atom. The van der Waals surface area contributed by atoms with E-state index in [1.54, 1.807) is 11.0 Å². The zero-order valence-electron chi connectivity index (χ0n) is 18.6. The quantitative estimate of drug-likeness (QED) is 0.502. The summed E-state index contributed by atoms with van der Waals surface area (Å²) in [7, 11) is 0. The van der Waals surface area contributed by atoms with Crippen LogP contribution in [0.2, 0.25) is 5.02 Å². The Bertz CT molecular complexity index is 1040. The van der Waals surface area contributed by atoms with E-state index in [0.29, 0.717) is 24.5 Å². The first kappa shape index (κ1) is 23.6. The molecule has 0 radical (unpaired) electrons. The van der Waals surface area contributed by atoms with Crippen LogP contribution in [0.4, 0.5) is 0 Å². The van der Waals surface area contributed by atoms with Crippen molar-refractivity contribution in [2.45, 2.75) is 39.3 Å². The Labute approximate surface area is 195 Å². The molecule has 32 heavy (non-hydrogen) atoms. The molecule has 0 aliphatic rings. The second-order valence-electron chi connectivity index (χ2n) is 7.88. The first-order valence-corrected chi connectivity index (χ1v) is 11.3. The van der Waals surface area contributed by atoms with Crippen LogP contribution in [0.1, 0.15) is 29.2 Å². The maximum absolute atomic E-state index is 13.6. The number of aryl methyl sites for hydroxylation is 1. The number of likely N-dealkylation sites (N-methyl/N-ethyl adjacent to an activating group) is 1. The minimum absolute atomic E-state index is 0.133. The normalized spacial score (nSPS) is 11.6. The van der Waals surface area contributed by atoms with E-state index in [0.717, 1.165) is 22.3 Å². The number of carbonyl (C=O) groups excluding carboxylic acids is 2. The molecule has 0 saturated carbocycles. The Balaban J connectivity index is 1.95. The summed E-state index contributed by atoms with van der Waals surface area (Å²) < 4.78 is 0. The van der Waals surface area contributed by atoms with Gasteiger partial charge in [0.15, 0.2) is 0 Å². The molecule has 1 atom stereocenters. The predicted molar refractivity (Wildman–Crippen MR) is 130 cm³/mol.